The molecule has 6 nitrogen and oxygen atoms in total. The van der Waals surface area contributed by atoms with Crippen molar-refractivity contribution in [2.24, 2.45) is 0 Å². The Morgan fingerprint density at radius 3 is 2.62 bits per heavy atom. The summed E-state index contributed by atoms with van der Waals surface area (Å²) >= 11 is 6.30. The molecule has 3 fully saturated rings. The van der Waals surface area contributed by atoms with E-state index in [0.717, 1.165) is 35.4 Å². The fraction of sp³-hybridized carbons (Fsp3) is 0.500. The van der Waals surface area contributed by atoms with Crippen LogP contribution in [-0.4, -0.2) is 56.2 Å². The van der Waals surface area contributed by atoms with E-state index >= 15 is 0 Å². The van der Waals surface area contributed by atoms with Gasteiger partial charge in [0, 0.05) is 42.1 Å². The zero-order chi connectivity index (χ0) is 23.6. The minimum atomic E-state index is -1.64. The summed E-state index contributed by atoms with van der Waals surface area (Å²) in [6.45, 7) is 5.20. The van der Waals surface area contributed by atoms with Gasteiger partial charge in [-0.15, -0.1) is 0 Å². The van der Waals surface area contributed by atoms with Gasteiger partial charge in [0.2, 0.25) is 0 Å². The Morgan fingerprint density at radius 2 is 1.94 bits per heavy atom. The van der Waals surface area contributed by atoms with Crippen LogP contribution in [0.2, 0.25) is 5.02 Å². The van der Waals surface area contributed by atoms with Crippen LogP contribution in [0, 0.1) is 0 Å². The number of fused-ring (bicyclic) bond motifs is 1. The molecule has 178 valence electrons. The second kappa shape index (κ2) is 7.94. The molecule has 3 heterocycles. The minimum Gasteiger partial charge on any atom is -0.349 e. The number of carbonyl (C=O) groups is 1. The summed E-state index contributed by atoms with van der Waals surface area (Å²) in [6.07, 6.45) is 8.08. The summed E-state index contributed by atoms with van der Waals surface area (Å²) in [7, 11) is 0. The number of benzene rings is 1. The number of carbonyl (C=O) groups excluding carboxylic acids is 1. The van der Waals surface area contributed by atoms with Crippen molar-refractivity contribution in [2.45, 2.75) is 69.6 Å². The maximum atomic E-state index is 14.5. The molecule has 2 aromatic heterocycles. The predicted octanol–water partition coefficient (Wildman–Crippen LogP) is 5.27. The van der Waals surface area contributed by atoms with Crippen LogP contribution >= 0.6 is 11.6 Å². The van der Waals surface area contributed by atoms with E-state index < -0.39 is 5.67 Å². The number of amides is 1. The Balaban J connectivity index is 1.42. The monoisotopic (exact) mass is 481 g/mol. The summed E-state index contributed by atoms with van der Waals surface area (Å²) < 4.78 is 16.7. The molecule has 1 aliphatic heterocycles. The average molecular weight is 482 g/mol. The van der Waals surface area contributed by atoms with E-state index in [2.05, 4.69) is 22.6 Å². The molecule has 8 heteroatoms. The first-order valence-corrected chi connectivity index (χ1v) is 12.6. The highest BCUT2D eigenvalue weighted by atomic mass is 35.5. The Bertz CT molecular complexity index is 1270. The molecule has 0 unspecified atom stereocenters. The Kier molecular flexibility index (Phi) is 5.10. The van der Waals surface area contributed by atoms with Crippen molar-refractivity contribution in [3.8, 4) is 5.69 Å². The highest BCUT2D eigenvalue weighted by molar-refractivity contribution is 6.30. The summed E-state index contributed by atoms with van der Waals surface area (Å²) in [6, 6.07) is 7.74. The van der Waals surface area contributed by atoms with E-state index in [1.54, 1.807) is 11.2 Å². The highest BCUT2D eigenvalue weighted by Crippen LogP contribution is 2.45. The molecule has 1 saturated heterocycles. The van der Waals surface area contributed by atoms with Crippen molar-refractivity contribution in [2.75, 3.05) is 18.0 Å². The van der Waals surface area contributed by atoms with Crippen LogP contribution in [-0.2, 0) is 4.79 Å². The first-order chi connectivity index (χ1) is 16.4. The molecule has 0 bridgehead atoms. The fourth-order valence-electron chi connectivity index (χ4n) is 5.43. The Labute approximate surface area is 203 Å². The third-order valence-electron chi connectivity index (χ3n) is 7.81. The smallest absolute Gasteiger partial charge is 0.260 e. The zero-order valence-electron chi connectivity index (χ0n) is 19.5. The standard InChI is InChI=1S/C26H29ClFN5O/c1-16-13-32(25(34)26(28)9-10-26)17(2)12-31(16)23-22-21(18-5-3-6-18)14-33(24(22)30-15-29-23)20-8-4-7-19(27)11-20/h4,7-8,11,14-18H,3,5-6,9-10,12-13H2,1-2H3/t16-,17+/m0/s1. The minimum absolute atomic E-state index is 0.0179. The van der Waals surface area contributed by atoms with Gasteiger partial charge in [0.15, 0.2) is 5.67 Å². The number of anilines is 1. The number of alkyl halides is 1. The lowest BCUT2D eigenvalue weighted by Crippen LogP contribution is -2.60. The van der Waals surface area contributed by atoms with Gasteiger partial charge >= 0.3 is 0 Å². The molecule has 34 heavy (non-hydrogen) atoms. The van der Waals surface area contributed by atoms with Crippen LogP contribution in [0.25, 0.3) is 16.7 Å². The van der Waals surface area contributed by atoms with Crippen LogP contribution in [0.4, 0.5) is 10.2 Å². The van der Waals surface area contributed by atoms with Crippen molar-refractivity contribution in [1.82, 2.24) is 19.4 Å². The Hall–Kier alpha value is -2.67. The van der Waals surface area contributed by atoms with Gasteiger partial charge < -0.3 is 14.4 Å². The molecule has 3 aliphatic rings. The number of hydrogen-bond donors (Lipinski definition) is 0. The molecule has 3 aromatic rings. The van der Waals surface area contributed by atoms with Crippen molar-refractivity contribution in [3.05, 3.63) is 47.4 Å². The lowest BCUT2D eigenvalue weighted by atomic mass is 9.80. The van der Waals surface area contributed by atoms with Gasteiger partial charge in [-0.2, -0.15) is 0 Å². The topological polar surface area (TPSA) is 54.3 Å². The van der Waals surface area contributed by atoms with Gasteiger partial charge in [-0.05, 0) is 69.2 Å². The summed E-state index contributed by atoms with van der Waals surface area (Å²) in [5.41, 5.74) is 1.48. The molecule has 6 rings (SSSR count). The number of piperazine rings is 1. The summed E-state index contributed by atoms with van der Waals surface area (Å²) in [4.78, 5) is 26.2. The van der Waals surface area contributed by atoms with Gasteiger partial charge in [0.1, 0.15) is 17.8 Å². The van der Waals surface area contributed by atoms with E-state index in [4.69, 9.17) is 21.6 Å². The first-order valence-electron chi connectivity index (χ1n) is 12.2. The molecular formula is C26H29ClFN5O. The van der Waals surface area contributed by atoms with Gasteiger partial charge in [0.05, 0.1) is 5.39 Å². The second-order valence-electron chi connectivity index (χ2n) is 10.2. The summed E-state index contributed by atoms with van der Waals surface area (Å²) in [5, 5.41) is 1.76. The maximum Gasteiger partial charge on any atom is 0.260 e. The molecule has 1 aromatic carbocycles. The van der Waals surface area contributed by atoms with Gasteiger partial charge in [0.25, 0.3) is 5.91 Å². The van der Waals surface area contributed by atoms with Crippen molar-refractivity contribution < 1.29 is 9.18 Å². The lowest BCUT2D eigenvalue weighted by Gasteiger charge is -2.45. The van der Waals surface area contributed by atoms with Crippen LogP contribution in [0.5, 0.6) is 0 Å². The third-order valence-corrected chi connectivity index (χ3v) is 8.05. The summed E-state index contributed by atoms with van der Waals surface area (Å²) in [5.74, 6) is 1.05. The van der Waals surface area contributed by atoms with E-state index in [-0.39, 0.29) is 18.0 Å². The lowest BCUT2D eigenvalue weighted by molar-refractivity contribution is -0.141. The van der Waals surface area contributed by atoms with Crippen LogP contribution < -0.4 is 4.90 Å². The SMILES string of the molecule is C[C@@H]1CN(c2ncnc3c2c(C2CCC2)cn3-c2cccc(Cl)c2)[C@@H](C)CN1C(=O)C1(F)CC1. The highest BCUT2D eigenvalue weighted by Gasteiger charge is 2.54. The van der Waals surface area contributed by atoms with E-state index in [0.29, 0.717) is 36.9 Å². The zero-order valence-corrected chi connectivity index (χ0v) is 20.3. The van der Waals surface area contributed by atoms with Crippen LogP contribution in [0.15, 0.2) is 36.8 Å². The fourth-order valence-corrected chi connectivity index (χ4v) is 5.61. The molecular weight excluding hydrogens is 453 g/mol. The number of nitrogens with zero attached hydrogens (tertiary/aromatic N) is 5. The van der Waals surface area contributed by atoms with Crippen LogP contribution in [0.3, 0.4) is 0 Å². The van der Waals surface area contributed by atoms with Crippen molar-refractivity contribution in [1.29, 1.82) is 0 Å². The largest absolute Gasteiger partial charge is 0.349 e. The predicted molar refractivity (Wildman–Crippen MR) is 132 cm³/mol. The van der Waals surface area contributed by atoms with Crippen molar-refractivity contribution in [3.63, 3.8) is 0 Å². The van der Waals surface area contributed by atoms with E-state index in [1.165, 1.54) is 12.0 Å². The molecule has 2 aliphatic carbocycles. The van der Waals surface area contributed by atoms with Gasteiger partial charge in [-0.25, -0.2) is 14.4 Å². The number of hydrogen-bond acceptors (Lipinski definition) is 4. The van der Waals surface area contributed by atoms with Crippen molar-refractivity contribution >= 4 is 34.4 Å². The molecule has 0 N–H and O–H groups in total. The van der Waals surface area contributed by atoms with Gasteiger partial charge in [-0.3, -0.25) is 4.79 Å². The van der Waals surface area contributed by atoms with Gasteiger partial charge in [-0.1, -0.05) is 24.1 Å². The Morgan fingerprint density at radius 1 is 1.15 bits per heavy atom. The number of aromatic nitrogens is 3. The second-order valence-corrected chi connectivity index (χ2v) is 10.7. The number of halogens is 2. The molecule has 0 spiro atoms. The molecule has 0 radical (unpaired) electrons. The first kappa shape index (κ1) is 21.8. The van der Waals surface area contributed by atoms with E-state index in [1.807, 2.05) is 31.2 Å². The van der Waals surface area contributed by atoms with E-state index in [9.17, 15) is 9.18 Å². The molecule has 2 atom stereocenters. The molecule has 2 saturated carbocycles. The number of rotatable bonds is 4. The molecule has 1 amide bonds. The third kappa shape index (κ3) is 3.47. The average Bonchev–Trinajstić information content (AvgIpc) is 3.43. The van der Waals surface area contributed by atoms with Crippen LogP contribution in [0.1, 0.15) is 57.4 Å². The quantitative estimate of drug-likeness (QED) is 0.509. The maximum absolute atomic E-state index is 14.5. The normalized spacial score (nSPS) is 24.4.